The molecule has 0 aliphatic heterocycles. The van der Waals surface area contributed by atoms with Gasteiger partial charge >= 0.3 is 0 Å². The second kappa shape index (κ2) is 3.78. The molecule has 0 aromatic heterocycles. The highest BCUT2D eigenvalue weighted by Crippen LogP contribution is 1.96. The highest BCUT2D eigenvalue weighted by Gasteiger charge is 2.00. The van der Waals surface area contributed by atoms with Crippen LogP contribution in [-0.2, 0) is 12.4 Å². The molecule has 0 heterocycles. The Morgan fingerprint density at radius 1 is 1.36 bits per heavy atom. The Kier molecular flexibility index (Phi) is 2.68. The molecule has 1 aromatic carbocycles. The monoisotopic (exact) mass is 166 g/mol. The molecule has 0 aliphatic rings. The Morgan fingerprint density at radius 3 is 2.55 bits per heavy atom. The fraction of sp³-hybridized carbons (Fsp3) is 0. The molecule has 0 saturated heterocycles. The Balaban J connectivity index is 2.77. The first-order chi connectivity index (χ1) is 5.34. The van der Waals surface area contributed by atoms with E-state index in [1.165, 1.54) is 0 Å². The number of hydrogen-bond acceptors (Lipinski definition) is 3. The van der Waals surface area contributed by atoms with Gasteiger partial charge in [-0.05, 0) is 12.1 Å². The van der Waals surface area contributed by atoms with E-state index in [0.29, 0.717) is 5.56 Å². The van der Waals surface area contributed by atoms with Gasteiger partial charge in [-0.15, -0.1) is 4.47 Å². The van der Waals surface area contributed by atoms with E-state index in [2.05, 4.69) is 22.3 Å². The van der Waals surface area contributed by atoms with Gasteiger partial charge in [-0.1, -0.05) is 18.2 Å². The second-order valence-corrected chi connectivity index (χ2v) is 2.08. The summed E-state index contributed by atoms with van der Waals surface area (Å²) in [5.41, 5.74) is 2.72. The van der Waals surface area contributed by atoms with Crippen LogP contribution in [0.5, 0.6) is 0 Å². The number of benzene rings is 1. The zero-order valence-corrected chi connectivity index (χ0v) is 6.47. The zero-order valence-electron chi connectivity index (χ0n) is 5.65. The molecule has 1 N–H and O–H groups in total. The molecule has 11 heavy (non-hydrogen) atoms. The Morgan fingerprint density at radius 2 is 2.00 bits per heavy atom. The van der Waals surface area contributed by atoms with E-state index >= 15 is 0 Å². The van der Waals surface area contributed by atoms with E-state index in [4.69, 9.17) is 0 Å². The van der Waals surface area contributed by atoms with E-state index in [0.717, 1.165) is 0 Å². The maximum absolute atomic E-state index is 11.0. The molecule has 0 atom stereocenters. The molecule has 0 bridgehead atoms. The van der Waals surface area contributed by atoms with Crippen molar-refractivity contribution in [3.63, 3.8) is 0 Å². The summed E-state index contributed by atoms with van der Waals surface area (Å²) in [6.45, 7) is 0. The normalized spacial score (nSPS) is 8.73. The number of nitrogens with one attached hydrogen (secondary N) is 1. The molecular formula is C7H6N2OS. The van der Waals surface area contributed by atoms with Crippen LogP contribution in [0.25, 0.3) is 0 Å². The minimum absolute atomic E-state index is 0.277. The van der Waals surface area contributed by atoms with Crippen LogP contribution < -0.4 is 5.43 Å². The average molecular weight is 166 g/mol. The Hall–Kier alpha value is -1.29. The minimum atomic E-state index is -0.277. The maximum Gasteiger partial charge on any atom is 0.272 e. The number of carbonyl (C=O) groups excluding carboxylic acids is 1. The number of rotatable bonds is 2. The van der Waals surface area contributed by atoms with Gasteiger partial charge in [0.05, 0.1) is 12.4 Å². The van der Waals surface area contributed by atoms with Gasteiger partial charge in [-0.2, -0.15) is 0 Å². The van der Waals surface area contributed by atoms with Crippen molar-refractivity contribution in [2.75, 3.05) is 0 Å². The smallest absolute Gasteiger partial charge is 0.267 e. The lowest BCUT2D eigenvalue weighted by Crippen LogP contribution is -2.15. The summed E-state index contributed by atoms with van der Waals surface area (Å²) in [5, 5.41) is 0. The summed E-state index contributed by atoms with van der Waals surface area (Å²) in [6.07, 6.45) is 0. The molecule has 1 aromatic rings. The predicted molar refractivity (Wildman–Crippen MR) is 43.7 cm³/mol. The molecule has 0 radical (unpaired) electrons. The summed E-state index contributed by atoms with van der Waals surface area (Å²) in [6, 6.07) is 8.77. The molecule has 1 rings (SSSR count). The maximum atomic E-state index is 11.0. The number of nitrogens with zero attached hydrogens (tertiary/aromatic N) is 1. The summed E-state index contributed by atoms with van der Waals surface area (Å²) in [5.74, 6) is -0.277. The van der Waals surface area contributed by atoms with Gasteiger partial charge in [0, 0.05) is 5.56 Å². The van der Waals surface area contributed by atoms with Gasteiger partial charge in [0.1, 0.15) is 0 Å². The Labute approximate surface area is 69.6 Å². The SMILES string of the molecule is O=C(NN=S)c1ccccc1. The number of hydrogen-bond donors (Lipinski definition) is 1. The summed E-state index contributed by atoms with van der Waals surface area (Å²) in [7, 11) is 0. The van der Waals surface area contributed by atoms with Crippen LogP contribution in [0.4, 0.5) is 0 Å². The second-order valence-electron chi connectivity index (χ2n) is 1.90. The zero-order chi connectivity index (χ0) is 8.10. The lowest BCUT2D eigenvalue weighted by Gasteiger charge is -1.95. The first-order valence-corrected chi connectivity index (χ1v) is 3.39. The lowest BCUT2D eigenvalue weighted by molar-refractivity contribution is 0.0956. The van der Waals surface area contributed by atoms with Crippen molar-refractivity contribution in [2.24, 2.45) is 4.47 Å². The molecule has 0 unspecified atom stereocenters. The molecule has 1 amide bonds. The van der Waals surface area contributed by atoms with Crippen LogP contribution in [0.1, 0.15) is 10.4 Å². The van der Waals surface area contributed by atoms with Crippen molar-refractivity contribution < 1.29 is 4.79 Å². The molecular weight excluding hydrogens is 160 g/mol. The summed E-state index contributed by atoms with van der Waals surface area (Å²) in [4.78, 5) is 11.0. The third kappa shape index (κ3) is 2.09. The molecule has 0 fully saturated rings. The van der Waals surface area contributed by atoms with Crippen molar-refractivity contribution >= 4 is 18.3 Å². The standard InChI is InChI=1S/C7H6N2OS/c10-7(8-9-11)6-4-2-1-3-5-6/h1-5H,(H,8,10,11). The van der Waals surface area contributed by atoms with E-state index in [9.17, 15) is 4.79 Å². The summed E-state index contributed by atoms with van der Waals surface area (Å²) < 4.78 is 3.10. The number of amides is 1. The number of carbonyl (C=O) groups is 1. The van der Waals surface area contributed by atoms with Crippen LogP contribution >= 0.6 is 0 Å². The van der Waals surface area contributed by atoms with Crippen molar-refractivity contribution in [3.05, 3.63) is 35.9 Å². The Bertz CT molecular complexity index is 260. The van der Waals surface area contributed by atoms with E-state index in [1.807, 2.05) is 6.07 Å². The van der Waals surface area contributed by atoms with E-state index < -0.39 is 0 Å². The van der Waals surface area contributed by atoms with Gasteiger partial charge in [0.2, 0.25) is 0 Å². The van der Waals surface area contributed by atoms with Gasteiger partial charge < -0.3 is 0 Å². The minimum Gasteiger partial charge on any atom is -0.267 e. The van der Waals surface area contributed by atoms with Crippen molar-refractivity contribution in [1.82, 2.24) is 5.43 Å². The quantitative estimate of drug-likeness (QED) is 0.667. The van der Waals surface area contributed by atoms with Crippen LogP contribution in [0, 0.1) is 0 Å². The molecule has 0 aliphatic carbocycles. The van der Waals surface area contributed by atoms with Crippen molar-refractivity contribution in [1.29, 1.82) is 0 Å². The predicted octanol–water partition coefficient (Wildman–Crippen LogP) is 1.06. The van der Waals surface area contributed by atoms with Crippen LogP contribution in [-0.4, -0.2) is 5.91 Å². The van der Waals surface area contributed by atoms with Gasteiger partial charge in [-0.3, -0.25) is 4.79 Å². The molecule has 0 spiro atoms. The van der Waals surface area contributed by atoms with Crippen molar-refractivity contribution in [2.45, 2.75) is 0 Å². The van der Waals surface area contributed by atoms with Gasteiger partial charge in [0.15, 0.2) is 0 Å². The van der Waals surface area contributed by atoms with Crippen molar-refractivity contribution in [3.8, 4) is 0 Å². The fourth-order valence-electron chi connectivity index (χ4n) is 0.696. The first kappa shape index (κ1) is 7.81. The highest BCUT2D eigenvalue weighted by molar-refractivity contribution is 7.47. The largest absolute Gasteiger partial charge is 0.272 e. The third-order valence-electron chi connectivity index (χ3n) is 1.18. The third-order valence-corrected chi connectivity index (χ3v) is 1.27. The van der Waals surface area contributed by atoms with E-state index in [1.54, 1.807) is 24.3 Å². The van der Waals surface area contributed by atoms with Gasteiger partial charge in [0.25, 0.3) is 5.91 Å². The van der Waals surface area contributed by atoms with Crippen LogP contribution in [0.15, 0.2) is 34.8 Å². The van der Waals surface area contributed by atoms with Crippen LogP contribution in [0.2, 0.25) is 0 Å². The summed E-state index contributed by atoms with van der Waals surface area (Å²) >= 11 is 4.22. The fourth-order valence-corrected chi connectivity index (χ4v) is 0.778. The van der Waals surface area contributed by atoms with Crippen LogP contribution in [0.3, 0.4) is 0 Å². The molecule has 4 heteroatoms. The molecule has 0 saturated carbocycles. The average Bonchev–Trinajstić information content (AvgIpc) is 2.07. The highest BCUT2D eigenvalue weighted by atomic mass is 32.1. The van der Waals surface area contributed by atoms with E-state index in [-0.39, 0.29) is 5.91 Å². The topological polar surface area (TPSA) is 41.5 Å². The van der Waals surface area contributed by atoms with Gasteiger partial charge in [-0.25, -0.2) is 5.43 Å². The molecule has 3 nitrogen and oxygen atoms in total. The first-order valence-electron chi connectivity index (χ1n) is 3.02. The molecule has 56 valence electrons. The lowest BCUT2D eigenvalue weighted by atomic mass is 10.2.